The van der Waals surface area contributed by atoms with Gasteiger partial charge in [0.2, 0.25) is 5.82 Å². The predicted molar refractivity (Wildman–Crippen MR) is 85.7 cm³/mol. The van der Waals surface area contributed by atoms with E-state index in [9.17, 15) is 13.9 Å². The van der Waals surface area contributed by atoms with Crippen molar-refractivity contribution in [3.63, 3.8) is 0 Å². The largest absolute Gasteiger partial charge is 0.504 e. The van der Waals surface area contributed by atoms with E-state index in [1.165, 1.54) is 6.07 Å². The number of halogens is 2. The number of fused-ring (bicyclic) bond motifs is 1. The predicted octanol–water partition coefficient (Wildman–Crippen LogP) is 2.71. The van der Waals surface area contributed by atoms with Gasteiger partial charge in [-0.2, -0.15) is 4.39 Å². The minimum atomic E-state index is -1.31. The quantitative estimate of drug-likeness (QED) is 0.626. The van der Waals surface area contributed by atoms with Gasteiger partial charge in [-0.05, 0) is 56.7 Å². The normalized spacial score (nSPS) is 19.5. The average Bonchev–Trinajstić information content (AvgIpc) is 2.64. The third-order valence-electron chi connectivity index (χ3n) is 4.67. The molecule has 0 aliphatic carbocycles. The van der Waals surface area contributed by atoms with Crippen molar-refractivity contribution in [2.24, 2.45) is 0 Å². The van der Waals surface area contributed by atoms with Crippen LogP contribution in [0.4, 0.5) is 14.5 Å². The maximum absolute atomic E-state index is 13.8. The number of hydrogen-bond acceptors (Lipinski definition) is 4. The molecule has 1 fully saturated rings. The first kappa shape index (κ1) is 16.0. The van der Waals surface area contributed by atoms with Crippen LogP contribution in [0.15, 0.2) is 18.2 Å². The number of aromatic hydroxyl groups is 1. The highest BCUT2D eigenvalue weighted by atomic mass is 19.2. The van der Waals surface area contributed by atoms with Crippen LogP contribution in [0.1, 0.15) is 27.7 Å². The monoisotopic (exact) mass is 321 g/mol. The molecular formula is C16H18BF2NO3. The van der Waals surface area contributed by atoms with Crippen LogP contribution >= 0.6 is 0 Å². The Bertz CT molecular complexity index is 792. The lowest BCUT2D eigenvalue weighted by Gasteiger charge is -2.32. The van der Waals surface area contributed by atoms with Crippen molar-refractivity contribution < 1.29 is 23.2 Å². The maximum Gasteiger partial charge on any atom is 0.495 e. The Kier molecular flexibility index (Phi) is 3.36. The molecule has 0 amide bonds. The van der Waals surface area contributed by atoms with E-state index < -0.39 is 35.7 Å². The molecule has 122 valence electrons. The minimum absolute atomic E-state index is 0.136. The van der Waals surface area contributed by atoms with Gasteiger partial charge in [0.05, 0.1) is 11.2 Å². The van der Waals surface area contributed by atoms with Crippen LogP contribution in [0.2, 0.25) is 0 Å². The van der Waals surface area contributed by atoms with E-state index >= 15 is 0 Å². The van der Waals surface area contributed by atoms with Crippen molar-refractivity contribution in [1.29, 1.82) is 0 Å². The Balaban J connectivity index is 2.25. The molecule has 2 aromatic rings. The first-order chi connectivity index (χ1) is 10.5. The maximum atomic E-state index is 13.8. The van der Waals surface area contributed by atoms with E-state index in [4.69, 9.17) is 15.0 Å². The Hall–Kier alpha value is -1.86. The van der Waals surface area contributed by atoms with Gasteiger partial charge in [-0.1, -0.05) is 0 Å². The van der Waals surface area contributed by atoms with Crippen LogP contribution in [0.25, 0.3) is 10.8 Å². The Morgan fingerprint density at radius 2 is 1.61 bits per heavy atom. The molecule has 1 heterocycles. The lowest BCUT2D eigenvalue weighted by molar-refractivity contribution is 0.00578. The Morgan fingerprint density at radius 1 is 1.04 bits per heavy atom. The summed E-state index contributed by atoms with van der Waals surface area (Å²) in [6.45, 7) is 7.51. The summed E-state index contributed by atoms with van der Waals surface area (Å²) in [5.74, 6) is -3.22. The standard InChI is InChI=1S/C16H18BF2NO3/c1-15(2)16(3,4)23-17(22-15)10-7-9(20)5-8-6-11(18)13(19)14(21)12(8)10/h5-7,21H,20H2,1-4H3. The van der Waals surface area contributed by atoms with Gasteiger partial charge < -0.3 is 20.1 Å². The number of rotatable bonds is 1. The molecule has 0 bridgehead atoms. The number of benzene rings is 2. The van der Waals surface area contributed by atoms with Crippen molar-refractivity contribution in [3.8, 4) is 5.75 Å². The molecule has 2 aromatic carbocycles. The molecule has 0 saturated carbocycles. The van der Waals surface area contributed by atoms with Gasteiger partial charge in [0.1, 0.15) is 0 Å². The molecule has 1 aliphatic rings. The van der Waals surface area contributed by atoms with E-state index in [2.05, 4.69) is 0 Å². The lowest BCUT2D eigenvalue weighted by atomic mass is 9.75. The van der Waals surface area contributed by atoms with Crippen molar-refractivity contribution in [3.05, 3.63) is 29.8 Å². The van der Waals surface area contributed by atoms with E-state index in [0.717, 1.165) is 6.07 Å². The summed E-state index contributed by atoms with van der Waals surface area (Å²) >= 11 is 0. The second-order valence-corrected chi connectivity index (χ2v) is 6.82. The molecule has 0 spiro atoms. The van der Waals surface area contributed by atoms with Gasteiger partial charge in [-0.25, -0.2) is 4.39 Å². The minimum Gasteiger partial charge on any atom is -0.504 e. The van der Waals surface area contributed by atoms with E-state index in [-0.39, 0.29) is 10.8 Å². The van der Waals surface area contributed by atoms with Gasteiger partial charge in [-0.3, -0.25) is 0 Å². The summed E-state index contributed by atoms with van der Waals surface area (Å²) < 4.78 is 39.2. The third kappa shape index (κ3) is 2.35. The van der Waals surface area contributed by atoms with Crippen molar-refractivity contribution >= 4 is 29.0 Å². The summed E-state index contributed by atoms with van der Waals surface area (Å²) in [6, 6.07) is 4.00. The molecule has 1 aliphatic heterocycles. The fourth-order valence-electron chi connectivity index (χ4n) is 2.68. The molecule has 0 radical (unpaired) electrons. The van der Waals surface area contributed by atoms with Crippen LogP contribution in [-0.4, -0.2) is 23.4 Å². The molecule has 0 atom stereocenters. The third-order valence-corrected chi connectivity index (χ3v) is 4.67. The van der Waals surface area contributed by atoms with Crippen molar-refractivity contribution in [2.45, 2.75) is 38.9 Å². The zero-order valence-electron chi connectivity index (χ0n) is 13.4. The summed E-state index contributed by atoms with van der Waals surface area (Å²) in [4.78, 5) is 0. The molecule has 3 N–H and O–H groups in total. The van der Waals surface area contributed by atoms with Crippen LogP contribution in [-0.2, 0) is 9.31 Å². The highest BCUT2D eigenvalue weighted by molar-refractivity contribution is 6.65. The Labute approximate surface area is 133 Å². The van der Waals surface area contributed by atoms with Crippen LogP contribution < -0.4 is 11.2 Å². The zero-order chi connectivity index (χ0) is 17.2. The number of hydrogen-bond donors (Lipinski definition) is 2. The van der Waals surface area contributed by atoms with Crippen LogP contribution in [0.3, 0.4) is 0 Å². The number of phenolic OH excluding ortho intramolecular Hbond substituents is 1. The molecule has 1 saturated heterocycles. The molecule has 4 nitrogen and oxygen atoms in total. The number of nitrogen functional groups attached to an aromatic ring is 1. The first-order valence-electron chi connectivity index (χ1n) is 7.29. The molecule has 0 aromatic heterocycles. The second-order valence-electron chi connectivity index (χ2n) is 6.82. The molecule has 23 heavy (non-hydrogen) atoms. The fraction of sp³-hybridized carbons (Fsp3) is 0.375. The second kappa shape index (κ2) is 4.82. The van der Waals surface area contributed by atoms with Crippen molar-refractivity contribution in [1.82, 2.24) is 0 Å². The van der Waals surface area contributed by atoms with Gasteiger partial charge in [0, 0.05) is 11.1 Å². The van der Waals surface area contributed by atoms with E-state index in [1.54, 1.807) is 6.07 Å². The summed E-state index contributed by atoms with van der Waals surface area (Å²) in [7, 11) is -0.846. The van der Waals surface area contributed by atoms with Crippen LogP contribution in [0.5, 0.6) is 5.75 Å². The molecule has 0 unspecified atom stereocenters. The Morgan fingerprint density at radius 3 is 2.17 bits per heavy atom. The number of nitrogens with two attached hydrogens (primary N) is 1. The zero-order valence-corrected chi connectivity index (χ0v) is 13.4. The van der Waals surface area contributed by atoms with Crippen LogP contribution in [0, 0.1) is 11.6 Å². The van der Waals surface area contributed by atoms with E-state index in [1.807, 2.05) is 27.7 Å². The fourth-order valence-corrected chi connectivity index (χ4v) is 2.68. The molecule has 3 rings (SSSR count). The van der Waals surface area contributed by atoms with Gasteiger partial charge in [-0.15, -0.1) is 0 Å². The lowest BCUT2D eigenvalue weighted by Crippen LogP contribution is -2.41. The molecular weight excluding hydrogens is 303 g/mol. The topological polar surface area (TPSA) is 64.7 Å². The summed E-state index contributed by atoms with van der Waals surface area (Å²) in [5.41, 5.74) is 5.35. The first-order valence-corrected chi connectivity index (χ1v) is 7.29. The van der Waals surface area contributed by atoms with Gasteiger partial charge >= 0.3 is 7.12 Å². The number of anilines is 1. The highest BCUT2D eigenvalue weighted by Gasteiger charge is 2.52. The highest BCUT2D eigenvalue weighted by Crippen LogP contribution is 2.38. The number of phenols is 1. The smallest absolute Gasteiger partial charge is 0.495 e. The SMILES string of the molecule is CC1(C)OB(c2cc(N)cc3cc(F)c(F)c(O)c23)OC1(C)C. The van der Waals surface area contributed by atoms with Gasteiger partial charge in [0.25, 0.3) is 0 Å². The summed E-state index contributed by atoms with van der Waals surface area (Å²) in [5, 5.41) is 10.5. The van der Waals surface area contributed by atoms with Gasteiger partial charge in [0.15, 0.2) is 11.6 Å². The summed E-state index contributed by atoms with van der Waals surface area (Å²) in [6.07, 6.45) is 0. The molecule has 7 heteroatoms. The average molecular weight is 321 g/mol. The van der Waals surface area contributed by atoms with E-state index in [0.29, 0.717) is 11.2 Å². The van der Waals surface area contributed by atoms with Crippen molar-refractivity contribution in [2.75, 3.05) is 5.73 Å².